The first-order valence-electron chi connectivity index (χ1n) is 5.18. The summed E-state index contributed by atoms with van der Waals surface area (Å²) in [6, 6.07) is 5.90. The summed E-state index contributed by atoms with van der Waals surface area (Å²) in [4.78, 5) is 0. The molecule has 0 aliphatic carbocycles. The van der Waals surface area contributed by atoms with Gasteiger partial charge in [0.2, 0.25) is 0 Å². The maximum atomic E-state index is 9.37. The number of rotatable bonds is 5. The van der Waals surface area contributed by atoms with E-state index in [2.05, 4.69) is 12.2 Å². The van der Waals surface area contributed by atoms with E-state index < -0.39 is 0 Å². The number of nitrogens with one attached hydrogen (secondary N) is 1. The molecule has 0 spiro atoms. The van der Waals surface area contributed by atoms with Crippen molar-refractivity contribution in [1.29, 1.82) is 0 Å². The van der Waals surface area contributed by atoms with Crippen LogP contribution in [0.2, 0.25) is 0 Å². The standard InChI is InChI=1S/C12H19NO2/c1-9-8-11(4-5-12(9)14)13-10(2)6-7-15-3/h4-5,8,10,13-14H,6-7H2,1-3H3. The Kier molecular flexibility index (Phi) is 4.43. The number of ether oxygens (including phenoxy) is 1. The summed E-state index contributed by atoms with van der Waals surface area (Å²) in [6.45, 7) is 4.76. The Morgan fingerprint density at radius 1 is 1.47 bits per heavy atom. The number of hydrogen-bond donors (Lipinski definition) is 2. The van der Waals surface area contributed by atoms with Crippen molar-refractivity contribution in [2.45, 2.75) is 26.3 Å². The molecule has 3 heteroatoms. The highest BCUT2D eigenvalue weighted by Gasteiger charge is 2.03. The molecule has 3 nitrogen and oxygen atoms in total. The smallest absolute Gasteiger partial charge is 0.118 e. The van der Waals surface area contributed by atoms with E-state index in [0.29, 0.717) is 11.8 Å². The van der Waals surface area contributed by atoms with Crippen LogP contribution in [0.4, 0.5) is 5.69 Å². The molecule has 0 bridgehead atoms. The van der Waals surface area contributed by atoms with Crippen LogP contribution < -0.4 is 5.32 Å². The predicted octanol–water partition coefficient (Wildman–Crippen LogP) is 2.54. The van der Waals surface area contributed by atoms with Crippen molar-refractivity contribution in [2.75, 3.05) is 19.0 Å². The minimum Gasteiger partial charge on any atom is -0.508 e. The third-order valence-electron chi connectivity index (χ3n) is 2.36. The Bertz CT molecular complexity index is 312. The summed E-state index contributed by atoms with van der Waals surface area (Å²) < 4.78 is 5.01. The molecule has 1 unspecified atom stereocenters. The van der Waals surface area contributed by atoms with Gasteiger partial charge in [0.05, 0.1) is 0 Å². The number of phenolic OH excluding ortho intramolecular Hbond substituents is 1. The van der Waals surface area contributed by atoms with E-state index in [1.165, 1.54) is 0 Å². The van der Waals surface area contributed by atoms with Crippen LogP contribution in [0.15, 0.2) is 18.2 Å². The molecule has 0 aromatic heterocycles. The lowest BCUT2D eigenvalue weighted by Gasteiger charge is -2.15. The first-order valence-corrected chi connectivity index (χ1v) is 5.18. The Labute approximate surface area is 91.1 Å². The molecular formula is C12H19NO2. The van der Waals surface area contributed by atoms with Crippen molar-refractivity contribution >= 4 is 5.69 Å². The van der Waals surface area contributed by atoms with Gasteiger partial charge >= 0.3 is 0 Å². The lowest BCUT2D eigenvalue weighted by atomic mass is 10.1. The number of aryl methyl sites for hydroxylation is 1. The van der Waals surface area contributed by atoms with E-state index in [0.717, 1.165) is 24.3 Å². The molecule has 84 valence electrons. The van der Waals surface area contributed by atoms with Crippen molar-refractivity contribution in [2.24, 2.45) is 0 Å². The van der Waals surface area contributed by atoms with Gasteiger partial charge in [0.1, 0.15) is 5.75 Å². The molecule has 0 radical (unpaired) electrons. The number of hydrogen-bond acceptors (Lipinski definition) is 3. The monoisotopic (exact) mass is 209 g/mol. The summed E-state index contributed by atoms with van der Waals surface area (Å²) in [7, 11) is 1.71. The second-order valence-corrected chi connectivity index (χ2v) is 3.83. The van der Waals surface area contributed by atoms with Gasteiger partial charge < -0.3 is 15.2 Å². The first-order chi connectivity index (χ1) is 7.13. The highest BCUT2D eigenvalue weighted by molar-refractivity contribution is 5.50. The van der Waals surface area contributed by atoms with E-state index in [1.807, 2.05) is 19.1 Å². The Hall–Kier alpha value is -1.22. The molecule has 1 atom stereocenters. The molecule has 1 aromatic rings. The molecule has 1 aromatic carbocycles. The molecule has 0 aliphatic heterocycles. The van der Waals surface area contributed by atoms with E-state index in [4.69, 9.17) is 4.74 Å². The van der Waals surface area contributed by atoms with Gasteiger partial charge in [0, 0.05) is 25.4 Å². The number of benzene rings is 1. The average molecular weight is 209 g/mol. The van der Waals surface area contributed by atoms with Crippen LogP contribution in [0.25, 0.3) is 0 Å². The van der Waals surface area contributed by atoms with E-state index in [-0.39, 0.29) is 0 Å². The third kappa shape index (κ3) is 3.80. The van der Waals surface area contributed by atoms with E-state index in [1.54, 1.807) is 13.2 Å². The van der Waals surface area contributed by atoms with E-state index in [9.17, 15) is 5.11 Å². The molecule has 0 saturated carbocycles. The molecule has 15 heavy (non-hydrogen) atoms. The van der Waals surface area contributed by atoms with Crippen LogP contribution in [0.5, 0.6) is 5.75 Å². The second kappa shape index (κ2) is 5.61. The van der Waals surface area contributed by atoms with Crippen LogP contribution in [-0.2, 0) is 4.74 Å². The van der Waals surface area contributed by atoms with Crippen molar-refractivity contribution in [3.05, 3.63) is 23.8 Å². The summed E-state index contributed by atoms with van der Waals surface area (Å²) in [5, 5.41) is 12.7. The van der Waals surface area contributed by atoms with Crippen molar-refractivity contribution in [1.82, 2.24) is 0 Å². The minimum atomic E-state index is 0.338. The predicted molar refractivity (Wildman–Crippen MR) is 62.4 cm³/mol. The Morgan fingerprint density at radius 2 is 2.20 bits per heavy atom. The number of methoxy groups -OCH3 is 1. The molecule has 0 fully saturated rings. The fourth-order valence-corrected chi connectivity index (χ4v) is 1.40. The third-order valence-corrected chi connectivity index (χ3v) is 2.36. The molecule has 0 saturated heterocycles. The second-order valence-electron chi connectivity index (χ2n) is 3.83. The zero-order valence-electron chi connectivity index (χ0n) is 9.58. The quantitative estimate of drug-likeness (QED) is 0.732. The highest BCUT2D eigenvalue weighted by atomic mass is 16.5. The van der Waals surface area contributed by atoms with Gasteiger partial charge in [-0.2, -0.15) is 0 Å². The molecule has 0 aliphatic rings. The minimum absolute atomic E-state index is 0.338. The summed E-state index contributed by atoms with van der Waals surface area (Å²) in [5.74, 6) is 0.338. The topological polar surface area (TPSA) is 41.5 Å². The number of phenols is 1. The van der Waals surface area contributed by atoms with Gasteiger partial charge in [-0.15, -0.1) is 0 Å². The van der Waals surface area contributed by atoms with Crippen molar-refractivity contribution in [3.63, 3.8) is 0 Å². The van der Waals surface area contributed by atoms with Gasteiger partial charge in [-0.25, -0.2) is 0 Å². The Morgan fingerprint density at radius 3 is 2.80 bits per heavy atom. The summed E-state index contributed by atoms with van der Waals surface area (Å²) in [6.07, 6.45) is 0.969. The van der Waals surface area contributed by atoms with Gasteiger partial charge in [0.15, 0.2) is 0 Å². The average Bonchev–Trinajstić information content (AvgIpc) is 2.20. The van der Waals surface area contributed by atoms with Crippen LogP contribution in [0.1, 0.15) is 18.9 Å². The van der Waals surface area contributed by atoms with Crippen LogP contribution in [0.3, 0.4) is 0 Å². The highest BCUT2D eigenvalue weighted by Crippen LogP contribution is 2.20. The molecule has 1 rings (SSSR count). The summed E-state index contributed by atoms with van der Waals surface area (Å²) in [5.41, 5.74) is 1.92. The van der Waals surface area contributed by atoms with Crippen LogP contribution >= 0.6 is 0 Å². The van der Waals surface area contributed by atoms with Crippen LogP contribution in [0, 0.1) is 6.92 Å². The lowest BCUT2D eigenvalue weighted by Crippen LogP contribution is -2.17. The van der Waals surface area contributed by atoms with Crippen molar-refractivity contribution in [3.8, 4) is 5.75 Å². The molecule has 0 heterocycles. The lowest BCUT2D eigenvalue weighted by molar-refractivity contribution is 0.191. The normalized spacial score (nSPS) is 12.5. The van der Waals surface area contributed by atoms with Gasteiger partial charge in [-0.3, -0.25) is 0 Å². The van der Waals surface area contributed by atoms with Crippen molar-refractivity contribution < 1.29 is 9.84 Å². The van der Waals surface area contributed by atoms with Gasteiger partial charge in [-0.1, -0.05) is 0 Å². The Balaban J connectivity index is 2.53. The van der Waals surface area contributed by atoms with Gasteiger partial charge in [0.25, 0.3) is 0 Å². The maximum absolute atomic E-state index is 9.37. The maximum Gasteiger partial charge on any atom is 0.118 e. The fraction of sp³-hybridized carbons (Fsp3) is 0.500. The number of anilines is 1. The number of aromatic hydroxyl groups is 1. The largest absolute Gasteiger partial charge is 0.508 e. The zero-order chi connectivity index (χ0) is 11.3. The van der Waals surface area contributed by atoms with Crippen LogP contribution in [-0.4, -0.2) is 24.9 Å². The molecule has 2 N–H and O–H groups in total. The fourth-order valence-electron chi connectivity index (χ4n) is 1.40. The first kappa shape index (κ1) is 11.9. The molecule has 0 amide bonds. The SMILES string of the molecule is COCCC(C)Nc1ccc(O)c(C)c1. The summed E-state index contributed by atoms with van der Waals surface area (Å²) >= 11 is 0. The van der Waals surface area contributed by atoms with Gasteiger partial charge in [-0.05, 0) is 44.0 Å². The zero-order valence-corrected chi connectivity index (χ0v) is 9.58. The molecular weight excluding hydrogens is 190 g/mol. The van der Waals surface area contributed by atoms with E-state index >= 15 is 0 Å².